The molecule has 2 aromatic rings. The van der Waals surface area contributed by atoms with Crippen molar-refractivity contribution in [2.75, 3.05) is 11.1 Å². The highest BCUT2D eigenvalue weighted by Crippen LogP contribution is 2.41. The maximum atomic E-state index is 13.4. The molecule has 2 aliphatic heterocycles. The summed E-state index contributed by atoms with van der Waals surface area (Å²) in [4.78, 5) is 30.3. The smallest absolute Gasteiger partial charge is 0.277 e. The van der Waals surface area contributed by atoms with Gasteiger partial charge in [-0.05, 0) is 30.5 Å². The summed E-state index contributed by atoms with van der Waals surface area (Å²) >= 11 is 0. The lowest BCUT2D eigenvalue weighted by Gasteiger charge is -2.40. The molecule has 0 bridgehead atoms. The highest BCUT2D eigenvalue weighted by molar-refractivity contribution is 5.98. The van der Waals surface area contributed by atoms with Gasteiger partial charge in [-0.25, -0.2) is 4.98 Å². The van der Waals surface area contributed by atoms with Crippen molar-refractivity contribution in [3.05, 3.63) is 45.0 Å². The van der Waals surface area contributed by atoms with Crippen LogP contribution in [-0.2, 0) is 12.1 Å². The molecule has 7 nitrogen and oxygen atoms in total. The van der Waals surface area contributed by atoms with Crippen LogP contribution in [-0.4, -0.2) is 15.5 Å². The van der Waals surface area contributed by atoms with Crippen LogP contribution in [0.1, 0.15) is 54.9 Å². The zero-order valence-electron chi connectivity index (χ0n) is 15.7. The van der Waals surface area contributed by atoms with Gasteiger partial charge in [0, 0.05) is 29.8 Å². The minimum absolute atomic E-state index is 0.197. The molecule has 4 heterocycles. The fourth-order valence-corrected chi connectivity index (χ4v) is 3.83. The number of nitrogens with one attached hydrogen (secondary N) is 2. The van der Waals surface area contributed by atoms with Crippen LogP contribution in [0.25, 0.3) is 0 Å². The molecule has 2 aliphatic rings. The number of pyridine rings is 2. The summed E-state index contributed by atoms with van der Waals surface area (Å²) in [6.45, 7) is 9.83. The van der Waals surface area contributed by atoms with Gasteiger partial charge in [0.1, 0.15) is 22.9 Å². The summed E-state index contributed by atoms with van der Waals surface area (Å²) in [5.74, 6) is 0.190. The van der Waals surface area contributed by atoms with Gasteiger partial charge in [0.05, 0.1) is 0 Å². The molecule has 0 saturated carbocycles. The number of nitrogens with zero attached hydrogens (tertiary/aromatic N) is 2. The first kappa shape index (κ1) is 16.6. The van der Waals surface area contributed by atoms with E-state index in [1.807, 2.05) is 34.6 Å². The van der Waals surface area contributed by atoms with E-state index in [-0.39, 0.29) is 16.9 Å². The Morgan fingerprint density at radius 2 is 2.00 bits per heavy atom. The second-order valence-corrected chi connectivity index (χ2v) is 8.31. The van der Waals surface area contributed by atoms with E-state index < -0.39 is 5.66 Å². The molecule has 1 amide bonds. The zero-order valence-corrected chi connectivity index (χ0v) is 15.7. The molecule has 0 aromatic carbocycles. The topological polar surface area (TPSA) is 102 Å². The van der Waals surface area contributed by atoms with Crippen LogP contribution in [0.2, 0.25) is 0 Å². The summed E-state index contributed by atoms with van der Waals surface area (Å²) < 4.78 is 1.62. The average Bonchev–Trinajstić information content (AvgIpc) is 2.83. The molecule has 2 aromatic heterocycles. The Balaban J connectivity index is 2.01. The minimum atomic E-state index is -0.810. The SMILES string of the molecule is Cc1c2c(c(=O)n3c1C(=O)NC3(C)C(C)(C)C)Nc1cc(N)ncc1C2. The van der Waals surface area contributed by atoms with Gasteiger partial charge < -0.3 is 16.4 Å². The average molecular weight is 353 g/mol. The molecular weight excluding hydrogens is 330 g/mol. The van der Waals surface area contributed by atoms with Crippen LogP contribution in [0.5, 0.6) is 0 Å². The molecule has 1 atom stereocenters. The van der Waals surface area contributed by atoms with Gasteiger partial charge >= 0.3 is 0 Å². The molecule has 0 aliphatic carbocycles. The first-order valence-corrected chi connectivity index (χ1v) is 8.67. The summed E-state index contributed by atoms with van der Waals surface area (Å²) in [6.07, 6.45) is 2.25. The van der Waals surface area contributed by atoms with E-state index in [0.717, 1.165) is 22.4 Å². The van der Waals surface area contributed by atoms with Gasteiger partial charge in [-0.2, -0.15) is 0 Å². The van der Waals surface area contributed by atoms with Gasteiger partial charge in [0.2, 0.25) is 0 Å². The zero-order chi connectivity index (χ0) is 19.0. The number of hydrogen-bond donors (Lipinski definition) is 3. The molecule has 0 radical (unpaired) electrons. The maximum Gasteiger partial charge on any atom is 0.277 e. The number of carbonyl (C=O) groups is 1. The first-order chi connectivity index (χ1) is 12.0. The van der Waals surface area contributed by atoms with Crippen LogP contribution in [0.4, 0.5) is 17.2 Å². The molecule has 7 heteroatoms. The fourth-order valence-electron chi connectivity index (χ4n) is 3.83. The summed E-state index contributed by atoms with van der Waals surface area (Å²) in [6, 6.07) is 1.73. The van der Waals surface area contributed by atoms with Crippen LogP contribution in [0, 0.1) is 12.3 Å². The number of aromatic nitrogens is 2. The third-order valence-electron chi connectivity index (χ3n) is 5.86. The van der Waals surface area contributed by atoms with Gasteiger partial charge in [-0.1, -0.05) is 20.8 Å². The summed E-state index contributed by atoms with van der Waals surface area (Å²) in [5, 5.41) is 6.27. The van der Waals surface area contributed by atoms with E-state index in [2.05, 4.69) is 15.6 Å². The minimum Gasteiger partial charge on any atom is -0.384 e. The van der Waals surface area contributed by atoms with Gasteiger partial charge in [0.15, 0.2) is 0 Å². The first-order valence-electron chi connectivity index (χ1n) is 8.67. The van der Waals surface area contributed by atoms with E-state index in [1.165, 1.54) is 0 Å². The van der Waals surface area contributed by atoms with E-state index in [0.29, 0.717) is 23.6 Å². The number of rotatable bonds is 0. The third kappa shape index (κ3) is 1.97. The largest absolute Gasteiger partial charge is 0.384 e. The van der Waals surface area contributed by atoms with Crippen LogP contribution in [0.15, 0.2) is 17.1 Å². The Labute approximate surface area is 151 Å². The molecule has 4 N–H and O–H groups in total. The van der Waals surface area contributed by atoms with Gasteiger partial charge in [-0.15, -0.1) is 0 Å². The van der Waals surface area contributed by atoms with Crippen molar-refractivity contribution in [2.24, 2.45) is 5.41 Å². The highest BCUT2D eigenvalue weighted by Gasteiger charge is 2.49. The normalized spacial score (nSPS) is 20.7. The maximum absolute atomic E-state index is 13.4. The number of fused-ring (bicyclic) bond motifs is 3. The Morgan fingerprint density at radius 1 is 1.31 bits per heavy atom. The molecule has 136 valence electrons. The number of anilines is 3. The summed E-state index contributed by atoms with van der Waals surface area (Å²) in [7, 11) is 0. The number of nitrogens with two attached hydrogens (primary N) is 1. The molecule has 0 fully saturated rings. The molecule has 1 unspecified atom stereocenters. The third-order valence-corrected chi connectivity index (χ3v) is 5.86. The second-order valence-electron chi connectivity index (χ2n) is 8.31. The standard InChI is InChI=1S/C19H23N5O2/c1-9-11-6-10-8-21-13(20)7-12(10)22-14(11)17(26)24-15(9)16(25)23-19(24,5)18(2,3)4/h7-8,22H,6H2,1-5H3,(H2,20,21)(H,23,25). The Kier molecular flexibility index (Phi) is 3.11. The monoisotopic (exact) mass is 353 g/mol. The molecule has 4 rings (SSSR count). The van der Waals surface area contributed by atoms with Crippen molar-refractivity contribution >= 4 is 23.1 Å². The van der Waals surface area contributed by atoms with Crippen molar-refractivity contribution in [3.63, 3.8) is 0 Å². The molecule has 0 spiro atoms. The van der Waals surface area contributed by atoms with E-state index >= 15 is 0 Å². The number of nitrogen functional groups attached to an aromatic ring is 1. The molecule has 0 saturated heterocycles. The van der Waals surface area contributed by atoms with Gasteiger partial charge in [-0.3, -0.25) is 14.2 Å². The van der Waals surface area contributed by atoms with Crippen molar-refractivity contribution < 1.29 is 4.79 Å². The Morgan fingerprint density at radius 3 is 2.65 bits per heavy atom. The quantitative estimate of drug-likeness (QED) is 0.575. The number of hydrogen-bond acceptors (Lipinski definition) is 5. The van der Waals surface area contributed by atoms with Gasteiger partial charge in [0.25, 0.3) is 11.5 Å². The van der Waals surface area contributed by atoms with Crippen molar-refractivity contribution in [1.29, 1.82) is 0 Å². The van der Waals surface area contributed by atoms with E-state index in [4.69, 9.17) is 5.73 Å². The molecular formula is C19H23N5O2. The second kappa shape index (κ2) is 4.87. The van der Waals surface area contributed by atoms with Crippen LogP contribution in [0.3, 0.4) is 0 Å². The Hall–Kier alpha value is -2.83. The van der Waals surface area contributed by atoms with E-state index in [9.17, 15) is 9.59 Å². The Bertz CT molecular complexity index is 1030. The fraction of sp³-hybridized carbons (Fsp3) is 0.421. The lowest BCUT2D eigenvalue weighted by Crippen LogP contribution is -2.54. The lowest BCUT2D eigenvalue weighted by atomic mass is 9.81. The van der Waals surface area contributed by atoms with Crippen molar-refractivity contribution in [2.45, 2.75) is 46.7 Å². The lowest BCUT2D eigenvalue weighted by molar-refractivity contribution is 0.0721. The molecule has 26 heavy (non-hydrogen) atoms. The van der Waals surface area contributed by atoms with Crippen LogP contribution < -0.4 is 21.9 Å². The predicted molar refractivity (Wildman–Crippen MR) is 101 cm³/mol. The summed E-state index contributed by atoms with van der Waals surface area (Å²) in [5.41, 5.74) is 8.79. The van der Waals surface area contributed by atoms with E-state index in [1.54, 1.807) is 16.8 Å². The van der Waals surface area contributed by atoms with Crippen molar-refractivity contribution in [1.82, 2.24) is 14.9 Å². The predicted octanol–water partition coefficient (Wildman–Crippen LogP) is 2.24. The number of amides is 1. The van der Waals surface area contributed by atoms with Crippen LogP contribution >= 0.6 is 0 Å². The number of carbonyl (C=O) groups excluding carboxylic acids is 1. The van der Waals surface area contributed by atoms with Crippen molar-refractivity contribution in [3.8, 4) is 0 Å². The highest BCUT2D eigenvalue weighted by atomic mass is 16.2.